The van der Waals surface area contributed by atoms with E-state index in [0.29, 0.717) is 13.2 Å². The largest absolute Gasteiger partial charge is 0.500 e. The van der Waals surface area contributed by atoms with Crippen LogP contribution in [0.25, 0.3) is 0 Å². The highest BCUT2D eigenvalue weighted by molar-refractivity contribution is 6.90. The minimum Gasteiger partial charge on any atom is -0.417 e. The van der Waals surface area contributed by atoms with Gasteiger partial charge in [-0.05, 0) is 95.9 Å². The molecule has 0 aromatic heterocycles. The average Bonchev–Trinajstić information content (AvgIpc) is 3.21. The molecule has 0 saturated carbocycles. The van der Waals surface area contributed by atoms with E-state index in [9.17, 15) is 0 Å². The Morgan fingerprint density at radius 2 is 0.517 bits per heavy atom. The van der Waals surface area contributed by atoms with Gasteiger partial charge in [0.25, 0.3) is 0 Å². The van der Waals surface area contributed by atoms with E-state index >= 15 is 0 Å². The highest BCUT2D eigenvalue weighted by Crippen LogP contribution is 2.36. The molecular weight excluding hydrogens is 889 g/mol. The third-order valence-electron chi connectivity index (χ3n) is 11.3. The molecule has 0 radical (unpaired) electrons. The summed E-state index contributed by atoms with van der Waals surface area (Å²) in [6, 6.07) is 5.72. The molecule has 0 aliphatic rings. The average molecular weight is 984 g/mol. The van der Waals surface area contributed by atoms with Crippen LogP contribution in [0, 0.1) is 0 Å². The van der Waals surface area contributed by atoms with Crippen LogP contribution in [0.2, 0.25) is 81.6 Å². The normalized spacial score (nSPS) is 13.8. The minimum absolute atomic E-state index is 0.683. The van der Waals surface area contributed by atoms with E-state index in [-0.39, 0.29) is 0 Å². The Morgan fingerprint density at radius 3 is 0.800 bits per heavy atom. The molecule has 0 heterocycles. The van der Waals surface area contributed by atoms with Gasteiger partial charge in [0, 0.05) is 88.2 Å². The number of hydrogen-bond acceptors (Lipinski definition) is 14. The molecule has 14 nitrogen and oxygen atoms in total. The van der Waals surface area contributed by atoms with Crippen LogP contribution < -0.4 is 0 Å². The van der Waals surface area contributed by atoms with Crippen LogP contribution >= 0.6 is 0 Å². The molecule has 0 atom stereocenters. The highest BCUT2D eigenvalue weighted by atomic mass is 28.5. The van der Waals surface area contributed by atoms with Gasteiger partial charge in [-0.3, -0.25) is 0 Å². The van der Waals surface area contributed by atoms with Gasteiger partial charge >= 0.3 is 35.2 Å². The van der Waals surface area contributed by atoms with Crippen LogP contribution in [0.1, 0.15) is 96.8 Å². The Balaban J connectivity index is 6.26. The second-order valence-corrected chi connectivity index (χ2v) is 43.3. The van der Waals surface area contributed by atoms with Gasteiger partial charge < -0.3 is 52.2 Å². The van der Waals surface area contributed by atoms with Gasteiger partial charge in [0.1, 0.15) is 0 Å². The zero-order valence-corrected chi connectivity index (χ0v) is 48.5. The third kappa shape index (κ3) is 25.6. The predicted molar refractivity (Wildman–Crippen MR) is 258 cm³/mol. The van der Waals surface area contributed by atoms with Crippen molar-refractivity contribution in [1.29, 1.82) is 0 Å². The van der Waals surface area contributed by atoms with E-state index in [1.807, 2.05) is 0 Å². The van der Waals surface area contributed by atoms with Crippen molar-refractivity contribution in [2.45, 2.75) is 178 Å². The summed E-state index contributed by atoms with van der Waals surface area (Å²) in [5, 5.41) is 0. The second-order valence-electron chi connectivity index (χ2n) is 17.6. The summed E-state index contributed by atoms with van der Waals surface area (Å²) in [4.78, 5) is 10.5. The van der Waals surface area contributed by atoms with Crippen LogP contribution in [0.4, 0.5) is 0 Å². The molecular formula is C39H94O14Si7. The van der Waals surface area contributed by atoms with E-state index in [1.54, 1.807) is 64.0 Å². The fourth-order valence-electron chi connectivity index (χ4n) is 7.55. The summed E-state index contributed by atoms with van der Waals surface area (Å²) in [5.74, 6) is 0. The second kappa shape index (κ2) is 32.6. The summed E-state index contributed by atoms with van der Waals surface area (Å²) in [6.45, 7) is 17.4. The van der Waals surface area contributed by atoms with Crippen molar-refractivity contribution in [1.82, 2.24) is 0 Å². The highest BCUT2D eigenvalue weighted by Gasteiger charge is 2.53. The van der Waals surface area contributed by atoms with Crippen LogP contribution in [-0.2, 0) is 62.0 Å². The number of rotatable bonds is 43. The van der Waals surface area contributed by atoms with E-state index in [1.165, 1.54) is 38.5 Å². The monoisotopic (exact) mass is 983 g/mol. The number of hydrogen-bond donors (Lipinski definition) is 0. The maximum atomic E-state index is 7.60. The zero-order chi connectivity index (χ0) is 45.7. The first-order chi connectivity index (χ1) is 28.3. The van der Waals surface area contributed by atoms with Crippen LogP contribution in [0.5, 0.6) is 0 Å². The molecule has 0 aliphatic heterocycles. The van der Waals surface area contributed by atoms with Gasteiger partial charge in [0.2, 0.25) is 0 Å². The Bertz CT molecular complexity index is 917. The van der Waals surface area contributed by atoms with Crippen LogP contribution in [-0.4, -0.2) is 137 Å². The maximum Gasteiger partial charge on any atom is 0.500 e. The lowest BCUT2D eigenvalue weighted by atomic mass is 10.1. The van der Waals surface area contributed by atoms with E-state index < -0.39 is 60.2 Å². The fourth-order valence-corrected chi connectivity index (χ4v) is 31.7. The van der Waals surface area contributed by atoms with Crippen molar-refractivity contribution in [3.05, 3.63) is 0 Å². The molecule has 0 unspecified atom stereocenters. The molecule has 0 bridgehead atoms. The predicted octanol–water partition coefficient (Wildman–Crippen LogP) is 10.7. The summed E-state index contributed by atoms with van der Waals surface area (Å²) >= 11 is 0. The van der Waals surface area contributed by atoms with Crippen molar-refractivity contribution in [2.75, 3.05) is 77.2 Å². The van der Waals surface area contributed by atoms with Crippen molar-refractivity contribution < 1.29 is 62.0 Å². The molecule has 0 fully saturated rings. The first-order valence-corrected chi connectivity index (χ1v) is 39.7. The molecule has 0 aromatic carbocycles. The molecule has 0 amide bonds. The molecule has 0 aliphatic carbocycles. The van der Waals surface area contributed by atoms with Gasteiger partial charge in [0.05, 0.1) is 13.2 Å². The van der Waals surface area contributed by atoms with Gasteiger partial charge in [-0.25, -0.2) is 9.78 Å². The van der Waals surface area contributed by atoms with Gasteiger partial charge in [-0.2, -0.15) is 0 Å². The summed E-state index contributed by atoms with van der Waals surface area (Å²) in [7, 11) is -3.39. The van der Waals surface area contributed by atoms with Gasteiger partial charge in [0.15, 0.2) is 25.0 Å². The topological polar surface area (TPSA) is 129 Å². The fraction of sp³-hybridized carbons (Fsp3) is 1.00. The Morgan fingerprint density at radius 1 is 0.267 bits per heavy atom. The van der Waals surface area contributed by atoms with E-state index in [4.69, 9.17) is 62.0 Å². The zero-order valence-electron chi connectivity index (χ0n) is 41.5. The molecule has 0 rings (SSSR count). The molecule has 362 valence electrons. The van der Waals surface area contributed by atoms with Crippen LogP contribution in [0.15, 0.2) is 0 Å². The quantitative estimate of drug-likeness (QED) is 0.0249. The van der Waals surface area contributed by atoms with Crippen molar-refractivity contribution in [3.63, 3.8) is 0 Å². The van der Waals surface area contributed by atoms with Crippen molar-refractivity contribution in [3.8, 4) is 0 Å². The molecule has 0 spiro atoms. The first-order valence-electron chi connectivity index (χ1n) is 22.7. The smallest absolute Gasteiger partial charge is 0.417 e. The Labute approximate surface area is 376 Å². The molecule has 0 aromatic rings. The number of unbranched alkanes of at least 4 members (excludes halogenated alkanes) is 9. The lowest BCUT2D eigenvalue weighted by Crippen LogP contribution is -2.62. The maximum absolute atomic E-state index is 7.60. The molecule has 21 heteroatoms. The Kier molecular flexibility index (Phi) is 33.1. The van der Waals surface area contributed by atoms with Gasteiger partial charge in [-0.15, -0.1) is 0 Å². The minimum atomic E-state index is -3.25. The van der Waals surface area contributed by atoms with E-state index in [0.717, 1.165) is 93.7 Å². The molecule has 60 heavy (non-hydrogen) atoms. The third-order valence-corrected chi connectivity index (χ3v) is 35.8. The van der Waals surface area contributed by atoms with Crippen LogP contribution in [0.3, 0.4) is 0 Å². The van der Waals surface area contributed by atoms with Crippen molar-refractivity contribution in [2.24, 2.45) is 0 Å². The first kappa shape index (κ1) is 61.0. The summed E-state index contributed by atoms with van der Waals surface area (Å²) < 4.78 is 74.8. The van der Waals surface area contributed by atoms with Crippen molar-refractivity contribution >= 4 is 60.2 Å². The lowest BCUT2D eigenvalue weighted by molar-refractivity contribution is -0.295. The van der Waals surface area contributed by atoms with E-state index in [2.05, 4.69) is 46.2 Å². The SMILES string of the molecule is CCCCOOCCCCCCCCCCC[Si](O[Si](C)(C)CCC[Si](OC)(OC)OC)(O[Si](C)(C)CCC[Si](OC)(OC)OC)O[Si](C)(C)CCC[Si](OC)(OC)OC. The van der Waals surface area contributed by atoms with Gasteiger partial charge in [-0.1, -0.05) is 58.3 Å². The molecule has 0 saturated heterocycles. The Hall–Kier alpha value is 0.958. The summed E-state index contributed by atoms with van der Waals surface area (Å²) in [5.41, 5.74) is 0. The lowest BCUT2D eigenvalue weighted by Gasteiger charge is -2.45. The molecule has 0 N–H and O–H groups in total. The standard InChI is InChI=1S/C39H94O14Si7/c1-17-18-31-49-50-32-26-24-22-20-19-21-23-25-27-36-60(51-54(11,12)33-28-37-57(40-2,41-3)42-4,52-55(13,14)34-29-38-58(43-5,44-6)45-7)53-56(15,16)35-30-39-59(46-8,47-9)48-10/h17-39H2,1-16H3. The summed E-state index contributed by atoms with van der Waals surface area (Å²) in [6.07, 6.45) is 15.3.